The van der Waals surface area contributed by atoms with Gasteiger partial charge in [-0.1, -0.05) is 60.3 Å². The van der Waals surface area contributed by atoms with Crippen LogP contribution in [0.2, 0.25) is 0 Å². The molecule has 0 bridgehead atoms. The van der Waals surface area contributed by atoms with Gasteiger partial charge in [-0.3, -0.25) is 9.36 Å². The predicted molar refractivity (Wildman–Crippen MR) is 128 cm³/mol. The van der Waals surface area contributed by atoms with E-state index in [4.69, 9.17) is 15.0 Å². The van der Waals surface area contributed by atoms with Gasteiger partial charge in [0.25, 0.3) is 5.56 Å². The normalized spacial score (nSPS) is 13.6. The fourth-order valence-corrected chi connectivity index (χ4v) is 4.90. The Morgan fingerprint density at radius 2 is 1.44 bits per heavy atom. The lowest BCUT2D eigenvalue weighted by atomic mass is 10.2. The Morgan fingerprint density at radius 3 is 2.19 bits per heavy atom. The van der Waals surface area contributed by atoms with Crippen molar-refractivity contribution in [2.45, 2.75) is 29.5 Å². The van der Waals surface area contributed by atoms with Crippen LogP contribution in [0.4, 0.5) is 0 Å². The first-order chi connectivity index (χ1) is 15.8. The standard InChI is InChI=1S/C26H20N4OS/c31-26-20-11-5-7-13-22(20)27-23(30(26)18-8-2-1-3-9-18)16-32-25-19-10-4-6-12-21(19)28-24(29-25)17-14-15-17/h1-13,17H,14-16H2. The third-order valence-electron chi connectivity index (χ3n) is 5.73. The molecule has 0 N–H and O–H groups in total. The molecule has 0 radical (unpaired) electrons. The third kappa shape index (κ3) is 3.46. The number of rotatable bonds is 5. The van der Waals surface area contributed by atoms with Crippen LogP contribution in [0.1, 0.15) is 30.4 Å². The summed E-state index contributed by atoms with van der Waals surface area (Å²) in [4.78, 5) is 28.0. The number of nitrogens with zero attached hydrogens (tertiary/aromatic N) is 4. The van der Waals surface area contributed by atoms with E-state index in [1.54, 1.807) is 16.3 Å². The molecule has 1 saturated carbocycles. The molecule has 0 unspecified atom stereocenters. The number of aromatic nitrogens is 4. The lowest BCUT2D eigenvalue weighted by Crippen LogP contribution is -2.23. The molecule has 5 aromatic rings. The maximum atomic E-state index is 13.4. The summed E-state index contributed by atoms with van der Waals surface area (Å²) in [5.74, 6) is 2.64. The minimum atomic E-state index is -0.0522. The maximum absolute atomic E-state index is 13.4. The first-order valence-electron chi connectivity index (χ1n) is 10.7. The van der Waals surface area contributed by atoms with Crippen molar-refractivity contribution in [2.24, 2.45) is 0 Å². The summed E-state index contributed by atoms with van der Waals surface area (Å²) in [5, 5.41) is 2.60. The van der Waals surface area contributed by atoms with Crippen LogP contribution >= 0.6 is 11.8 Å². The molecule has 0 spiro atoms. The molecular weight excluding hydrogens is 416 g/mol. The zero-order valence-corrected chi connectivity index (χ0v) is 18.1. The zero-order chi connectivity index (χ0) is 21.5. The van der Waals surface area contributed by atoms with Gasteiger partial charge in [0.2, 0.25) is 0 Å². The van der Waals surface area contributed by atoms with Crippen LogP contribution in [-0.4, -0.2) is 19.5 Å². The van der Waals surface area contributed by atoms with Crippen LogP contribution in [0, 0.1) is 0 Å². The van der Waals surface area contributed by atoms with Crippen molar-refractivity contribution in [3.8, 4) is 5.69 Å². The molecule has 1 aliphatic carbocycles. The van der Waals surface area contributed by atoms with Gasteiger partial charge in [0.15, 0.2) is 0 Å². The van der Waals surface area contributed by atoms with Crippen molar-refractivity contribution in [1.82, 2.24) is 19.5 Å². The molecule has 5 nitrogen and oxygen atoms in total. The molecule has 0 aliphatic heterocycles. The molecule has 2 aromatic heterocycles. The summed E-state index contributed by atoms with van der Waals surface area (Å²) in [6.45, 7) is 0. The predicted octanol–water partition coefficient (Wildman–Crippen LogP) is 5.50. The van der Waals surface area contributed by atoms with E-state index < -0.39 is 0 Å². The molecule has 0 saturated heterocycles. The molecule has 0 amide bonds. The van der Waals surface area contributed by atoms with Crippen LogP contribution in [0.5, 0.6) is 0 Å². The van der Waals surface area contributed by atoms with Crippen LogP contribution in [0.15, 0.2) is 88.7 Å². The van der Waals surface area contributed by atoms with E-state index in [9.17, 15) is 4.79 Å². The topological polar surface area (TPSA) is 60.7 Å². The van der Waals surface area contributed by atoms with E-state index in [1.165, 1.54) is 0 Å². The van der Waals surface area contributed by atoms with Gasteiger partial charge < -0.3 is 0 Å². The second-order valence-corrected chi connectivity index (χ2v) is 8.95. The number of para-hydroxylation sites is 3. The Balaban J connectivity index is 1.47. The van der Waals surface area contributed by atoms with Gasteiger partial charge in [0, 0.05) is 11.3 Å². The van der Waals surface area contributed by atoms with Gasteiger partial charge in [-0.15, -0.1) is 0 Å². The second-order valence-electron chi connectivity index (χ2n) is 7.99. The quantitative estimate of drug-likeness (QED) is 0.269. The van der Waals surface area contributed by atoms with Crippen LogP contribution < -0.4 is 5.56 Å². The minimum absolute atomic E-state index is 0.0522. The average molecular weight is 437 g/mol. The van der Waals surface area contributed by atoms with E-state index >= 15 is 0 Å². The Morgan fingerprint density at radius 1 is 0.781 bits per heavy atom. The second kappa shape index (κ2) is 7.88. The largest absolute Gasteiger partial charge is 0.268 e. The van der Waals surface area contributed by atoms with Crippen LogP contribution in [-0.2, 0) is 5.75 Å². The van der Waals surface area contributed by atoms with E-state index in [2.05, 4.69) is 6.07 Å². The van der Waals surface area contributed by atoms with E-state index in [1.807, 2.05) is 72.8 Å². The molecule has 3 aromatic carbocycles. The lowest BCUT2D eigenvalue weighted by molar-refractivity contribution is 0.878. The molecule has 32 heavy (non-hydrogen) atoms. The first kappa shape index (κ1) is 19.2. The van der Waals surface area contributed by atoms with E-state index in [0.717, 1.165) is 40.3 Å². The highest BCUT2D eigenvalue weighted by molar-refractivity contribution is 7.98. The van der Waals surface area contributed by atoms with Crippen molar-refractivity contribution < 1.29 is 0 Å². The molecular formula is C26H20N4OS. The van der Waals surface area contributed by atoms with Crippen LogP contribution in [0.25, 0.3) is 27.5 Å². The van der Waals surface area contributed by atoms with Crippen molar-refractivity contribution >= 4 is 33.6 Å². The SMILES string of the molecule is O=c1c2ccccc2nc(CSc2nc(C3CC3)nc3ccccc23)n1-c1ccccc1. The average Bonchev–Trinajstić information content (AvgIpc) is 3.69. The highest BCUT2D eigenvalue weighted by Gasteiger charge is 2.27. The molecule has 6 rings (SSSR count). The number of hydrogen-bond acceptors (Lipinski definition) is 5. The Bertz CT molecular complexity index is 1510. The highest BCUT2D eigenvalue weighted by Crippen LogP contribution is 2.40. The van der Waals surface area contributed by atoms with Crippen molar-refractivity contribution in [3.63, 3.8) is 0 Å². The third-order valence-corrected chi connectivity index (χ3v) is 6.71. The maximum Gasteiger partial charge on any atom is 0.265 e. The van der Waals surface area contributed by atoms with Gasteiger partial charge in [0.05, 0.1) is 27.9 Å². The summed E-state index contributed by atoms with van der Waals surface area (Å²) in [7, 11) is 0. The molecule has 0 atom stereocenters. The number of thioether (sulfide) groups is 1. The van der Waals surface area contributed by atoms with Gasteiger partial charge in [0.1, 0.15) is 16.7 Å². The number of fused-ring (bicyclic) bond motifs is 2. The highest BCUT2D eigenvalue weighted by atomic mass is 32.2. The van der Waals surface area contributed by atoms with Gasteiger partial charge >= 0.3 is 0 Å². The lowest BCUT2D eigenvalue weighted by Gasteiger charge is -2.14. The molecule has 1 aliphatic rings. The molecule has 2 heterocycles. The molecule has 156 valence electrons. The zero-order valence-electron chi connectivity index (χ0n) is 17.3. The fourth-order valence-electron chi connectivity index (χ4n) is 3.95. The van der Waals surface area contributed by atoms with Crippen molar-refractivity contribution in [3.05, 3.63) is 101 Å². The van der Waals surface area contributed by atoms with Gasteiger partial charge in [-0.05, 0) is 43.2 Å². The summed E-state index contributed by atoms with van der Waals surface area (Å²) in [6, 6.07) is 25.4. The minimum Gasteiger partial charge on any atom is -0.268 e. The fraction of sp³-hybridized carbons (Fsp3) is 0.154. The monoisotopic (exact) mass is 436 g/mol. The summed E-state index contributed by atoms with van der Waals surface area (Å²) < 4.78 is 1.72. The van der Waals surface area contributed by atoms with E-state index in [0.29, 0.717) is 28.4 Å². The smallest absolute Gasteiger partial charge is 0.265 e. The van der Waals surface area contributed by atoms with E-state index in [-0.39, 0.29) is 5.56 Å². The molecule has 1 fully saturated rings. The Kier molecular flexibility index (Phi) is 4.72. The van der Waals surface area contributed by atoms with Gasteiger partial charge in [-0.2, -0.15) is 0 Å². The summed E-state index contributed by atoms with van der Waals surface area (Å²) in [6.07, 6.45) is 2.31. The summed E-state index contributed by atoms with van der Waals surface area (Å²) in [5.41, 5.74) is 2.45. The summed E-state index contributed by atoms with van der Waals surface area (Å²) >= 11 is 1.62. The van der Waals surface area contributed by atoms with Crippen molar-refractivity contribution in [1.29, 1.82) is 0 Å². The number of benzene rings is 3. The van der Waals surface area contributed by atoms with Crippen molar-refractivity contribution in [2.75, 3.05) is 0 Å². The van der Waals surface area contributed by atoms with Crippen LogP contribution in [0.3, 0.4) is 0 Å². The Hall–Kier alpha value is -3.51. The first-order valence-corrected chi connectivity index (χ1v) is 11.7. The number of hydrogen-bond donors (Lipinski definition) is 0. The van der Waals surface area contributed by atoms with Gasteiger partial charge in [-0.25, -0.2) is 15.0 Å². The molecule has 6 heteroatoms. The Labute approximate surface area is 189 Å².